The Balaban J connectivity index is 1.27. The van der Waals surface area contributed by atoms with Crippen LogP contribution in [0.25, 0.3) is 15.9 Å². The van der Waals surface area contributed by atoms with E-state index in [1.54, 1.807) is 0 Å². The summed E-state index contributed by atoms with van der Waals surface area (Å²) in [7, 11) is 0. The lowest BCUT2D eigenvalue weighted by molar-refractivity contribution is -0.141. The Labute approximate surface area is 215 Å². The highest BCUT2D eigenvalue weighted by molar-refractivity contribution is 6.49. The lowest BCUT2D eigenvalue weighted by Gasteiger charge is -2.24. The summed E-state index contributed by atoms with van der Waals surface area (Å²) in [5, 5.41) is 15.9. The van der Waals surface area contributed by atoms with E-state index in [9.17, 15) is 9.90 Å². The van der Waals surface area contributed by atoms with Crippen LogP contribution in [0, 0.1) is 5.92 Å². The first-order valence-electron chi connectivity index (χ1n) is 12.1. The summed E-state index contributed by atoms with van der Waals surface area (Å²) in [5.74, 6) is -0.166. The number of carbonyl (C=O) groups is 1. The fourth-order valence-corrected chi connectivity index (χ4v) is 5.63. The molecule has 2 aliphatic rings. The highest BCUT2D eigenvalue weighted by Gasteiger charge is 2.29. The molecule has 0 saturated carbocycles. The van der Waals surface area contributed by atoms with Gasteiger partial charge in [-0.25, -0.2) is 0 Å². The molecule has 1 aromatic heterocycles. The standard InChI is InChI=1S/C27H29Cl2N3O3/c1-16(2)32-24-8-3-17(11-23(24)26(29)30-32)15-35-21-6-7-22-18(12-21)4-5-19(25(22)28)13-31-10-9-20(14-31)27(33)34/h3,6-8,11-12,16,20H,4-5,9-10,13-15H2,1-2H3,(H,33,34). The lowest BCUT2D eigenvalue weighted by atomic mass is 9.91. The number of fused-ring (bicyclic) bond motifs is 2. The Morgan fingerprint density at radius 3 is 2.77 bits per heavy atom. The molecule has 5 rings (SSSR count). The van der Waals surface area contributed by atoms with E-state index >= 15 is 0 Å². The second kappa shape index (κ2) is 9.84. The van der Waals surface area contributed by atoms with Gasteiger partial charge in [-0.15, -0.1) is 0 Å². The fraction of sp³-hybridized carbons (Fsp3) is 0.407. The van der Waals surface area contributed by atoms with E-state index in [-0.39, 0.29) is 12.0 Å². The van der Waals surface area contributed by atoms with Gasteiger partial charge in [-0.3, -0.25) is 14.4 Å². The minimum atomic E-state index is -0.706. The van der Waals surface area contributed by atoms with Crippen LogP contribution in [0.3, 0.4) is 0 Å². The third kappa shape index (κ3) is 4.92. The molecule has 0 spiro atoms. The van der Waals surface area contributed by atoms with E-state index in [4.69, 9.17) is 27.9 Å². The van der Waals surface area contributed by atoms with Crippen molar-refractivity contribution in [2.75, 3.05) is 19.6 Å². The van der Waals surface area contributed by atoms with Crippen molar-refractivity contribution in [1.82, 2.24) is 14.7 Å². The molecule has 1 aliphatic carbocycles. The first-order chi connectivity index (χ1) is 16.8. The molecular weight excluding hydrogens is 485 g/mol. The Morgan fingerprint density at radius 1 is 1.20 bits per heavy atom. The number of rotatable bonds is 7. The average Bonchev–Trinajstić information content (AvgIpc) is 3.44. The van der Waals surface area contributed by atoms with Crippen LogP contribution in [0.1, 0.15) is 49.4 Å². The van der Waals surface area contributed by atoms with Crippen molar-refractivity contribution < 1.29 is 14.6 Å². The van der Waals surface area contributed by atoms with Gasteiger partial charge in [0.25, 0.3) is 0 Å². The van der Waals surface area contributed by atoms with Crippen LogP contribution in [0.2, 0.25) is 5.15 Å². The number of carboxylic acid groups (broad SMARTS) is 1. The minimum Gasteiger partial charge on any atom is -0.489 e. The summed E-state index contributed by atoms with van der Waals surface area (Å²) in [4.78, 5) is 13.5. The van der Waals surface area contributed by atoms with E-state index in [0.29, 0.717) is 24.7 Å². The van der Waals surface area contributed by atoms with Crippen LogP contribution in [-0.2, 0) is 17.8 Å². The van der Waals surface area contributed by atoms with E-state index in [2.05, 4.69) is 36.0 Å². The van der Waals surface area contributed by atoms with Crippen molar-refractivity contribution in [3.05, 3.63) is 63.8 Å². The summed E-state index contributed by atoms with van der Waals surface area (Å²) in [6.07, 6.45) is 2.47. The van der Waals surface area contributed by atoms with Crippen molar-refractivity contribution in [2.45, 2.75) is 45.8 Å². The number of likely N-dealkylation sites (tertiary alicyclic amines) is 1. The first kappa shape index (κ1) is 24.2. The predicted octanol–water partition coefficient (Wildman–Crippen LogP) is 6.15. The maximum Gasteiger partial charge on any atom is 0.307 e. The third-order valence-electron chi connectivity index (χ3n) is 6.98. The molecule has 0 radical (unpaired) electrons. The second-order valence-corrected chi connectivity index (χ2v) is 10.5. The van der Waals surface area contributed by atoms with Gasteiger partial charge in [0.15, 0.2) is 5.15 Å². The second-order valence-electron chi connectivity index (χ2n) is 9.76. The van der Waals surface area contributed by atoms with Crippen LogP contribution in [0.4, 0.5) is 0 Å². The lowest BCUT2D eigenvalue weighted by Crippen LogP contribution is -2.26. The molecule has 1 N–H and O–H groups in total. The number of benzene rings is 2. The zero-order valence-corrected chi connectivity index (χ0v) is 21.4. The minimum absolute atomic E-state index is 0.237. The Morgan fingerprint density at radius 2 is 2.03 bits per heavy atom. The van der Waals surface area contributed by atoms with Crippen LogP contribution < -0.4 is 4.74 Å². The molecule has 1 atom stereocenters. The number of carboxylic acids is 1. The van der Waals surface area contributed by atoms with Crippen LogP contribution in [0.15, 0.2) is 42.0 Å². The Bertz CT molecular complexity index is 1310. The smallest absolute Gasteiger partial charge is 0.307 e. The van der Waals surface area contributed by atoms with Crippen LogP contribution in [-0.4, -0.2) is 45.4 Å². The zero-order chi connectivity index (χ0) is 24.7. The maximum atomic E-state index is 11.3. The molecule has 35 heavy (non-hydrogen) atoms. The monoisotopic (exact) mass is 513 g/mol. The molecule has 3 aromatic rings. The number of halogens is 2. The molecule has 1 fully saturated rings. The molecule has 184 valence electrons. The summed E-state index contributed by atoms with van der Waals surface area (Å²) < 4.78 is 8.05. The van der Waals surface area contributed by atoms with E-state index in [0.717, 1.165) is 58.7 Å². The van der Waals surface area contributed by atoms with Gasteiger partial charge in [0, 0.05) is 29.5 Å². The highest BCUT2D eigenvalue weighted by atomic mass is 35.5. The number of hydrogen-bond donors (Lipinski definition) is 1. The van der Waals surface area contributed by atoms with Crippen LogP contribution >= 0.6 is 23.2 Å². The number of aryl methyl sites for hydroxylation is 1. The number of ether oxygens (including phenoxy) is 1. The SMILES string of the molecule is CC(C)n1nc(Cl)c2cc(COc3ccc4c(c3)CCC(CN3CCC(C(=O)O)C3)=C4Cl)ccc21. The van der Waals surface area contributed by atoms with Crippen molar-refractivity contribution >= 4 is 45.1 Å². The molecule has 6 nitrogen and oxygen atoms in total. The van der Waals surface area contributed by atoms with Gasteiger partial charge in [-0.2, -0.15) is 5.10 Å². The van der Waals surface area contributed by atoms with Crippen molar-refractivity contribution in [3.8, 4) is 5.75 Å². The molecule has 1 aliphatic heterocycles. The van der Waals surface area contributed by atoms with Gasteiger partial charge in [0.1, 0.15) is 12.4 Å². The highest BCUT2D eigenvalue weighted by Crippen LogP contribution is 2.37. The van der Waals surface area contributed by atoms with Gasteiger partial charge >= 0.3 is 5.97 Å². The Kier molecular flexibility index (Phi) is 6.80. The van der Waals surface area contributed by atoms with Crippen molar-refractivity contribution in [3.63, 3.8) is 0 Å². The van der Waals surface area contributed by atoms with Gasteiger partial charge < -0.3 is 9.84 Å². The van der Waals surface area contributed by atoms with Gasteiger partial charge in [-0.1, -0.05) is 29.3 Å². The van der Waals surface area contributed by atoms with E-state index in [1.807, 2.05) is 28.9 Å². The first-order valence-corrected chi connectivity index (χ1v) is 12.8. The van der Waals surface area contributed by atoms with Crippen molar-refractivity contribution in [2.24, 2.45) is 5.92 Å². The molecular formula is C27H29Cl2N3O3. The van der Waals surface area contributed by atoms with Gasteiger partial charge in [0.2, 0.25) is 0 Å². The fourth-order valence-electron chi connectivity index (χ4n) is 5.06. The number of aromatic nitrogens is 2. The predicted molar refractivity (Wildman–Crippen MR) is 139 cm³/mol. The molecule has 2 aromatic carbocycles. The van der Waals surface area contributed by atoms with E-state index in [1.165, 1.54) is 11.1 Å². The number of hydrogen-bond acceptors (Lipinski definition) is 4. The molecule has 1 unspecified atom stereocenters. The van der Waals surface area contributed by atoms with Gasteiger partial charge in [-0.05, 0) is 92.2 Å². The summed E-state index contributed by atoms with van der Waals surface area (Å²) >= 11 is 13.2. The number of aliphatic carboxylic acids is 1. The molecule has 0 amide bonds. The summed E-state index contributed by atoms with van der Waals surface area (Å²) in [6.45, 7) is 6.74. The topological polar surface area (TPSA) is 67.6 Å². The summed E-state index contributed by atoms with van der Waals surface area (Å²) in [6, 6.07) is 12.4. The van der Waals surface area contributed by atoms with Crippen molar-refractivity contribution in [1.29, 1.82) is 0 Å². The largest absolute Gasteiger partial charge is 0.489 e. The van der Waals surface area contributed by atoms with Crippen LogP contribution in [0.5, 0.6) is 5.75 Å². The maximum absolute atomic E-state index is 11.3. The quantitative estimate of drug-likeness (QED) is 0.410. The number of nitrogens with zero attached hydrogens (tertiary/aromatic N) is 3. The zero-order valence-electron chi connectivity index (χ0n) is 19.9. The molecule has 1 saturated heterocycles. The Hall–Kier alpha value is -2.54. The molecule has 8 heteroatoms. The average molecular weight is 514 g/mol. The normalized spacial score (nSPS) is 18.5. The molecule has 2 heterocycles. The van der Waals surface area contributed by atoms with Gasteiger partial charge in [0.05, 0.1) is 11.4 Å². The van der Waals surface area contributed by atoms with E-state index < -0.39 is 5.97 Å². The third-order valence-corrected chi connectivity index (χ3v) is 7.73. The molecule has 0 bridgehead atoms. The summed E-state index contributed by atoms with van der Waals surface area (Å²) in [5.41, 5.74) is 5.46.